The summed E-state index contributed by atoms with van der Waals surface area (Å²) in [6.07, 6.45) is 0.0478. The number of carbonyl (C=O) groups is 2. The molecule has 0 aromatic carbocycles. The van der Waals surface area contributed by atoms with Crippen LogP contribution in [0.5, 0.6) is 0 Å². The lowest BCUT2D eigenvalue weighted by Gasteiger charge is -2.12. The summed E-state index contributed by atoms with van der Waals surface area (Å²) >= 11 is 0. The summed E-state index contributed by atoms with van der Waals surface area (Å²) in [6.45, 7) is 2.07. The van der Waals surface area contributed by atoms with Crippen LogP contribution in [0.3, 0.4) is 0 Å². The SMILES string of the molecule is Cc1nc(CN2CC(C(=O)O)CC2=O)no1. The van der Waals surface area contributed by atoms with Crippen molar-refractivity contribution < 1.29 is 19.2 Å². The summed E-state index contributed by atoms with van der Waals surface area (Å²) in [6, 6.07) is 0. The van der Waals surface area contributed by atoms with Gasteiger partial charge in [-0.3, -0.25) is 9.59 Å². The van der Waals surface area contributed by atoms with Crippen LogP contribution < -0.4 is 0 Å². The number of aliphatic carboxylic acids is 1. The highest BCUT2D eigenvalue weighted by atomic mass is 16.5. The molecule has 16 heavy (non-hydrogen) atoms. The molecule has 0 bridgehead atoms. The number of rotatable bonds is 3. The molecule has 7 nitrogen and oxygen atoms in total. The number of nitrogens with zero attached hydrogens (tertiary/aromatic N) is 3. The monoisotopic (exact) mass is 225 g/mol. The highest BCUT2D eigenvalue weighted by Crippen LogP contribution is 2.19. The van der Waals surface area contributed by atoms with Crippen molar-refractivity contribution in [3.63, 3.8) is 0 Å². The predicted octanol–water partition coefficient (Wildman–Crippen LogP) is -0.189. The van der Waals surface area contributed by atoms with E-state index in [1.54, 1.807) is 6.92 Å². The lowest BCUT2D eigenvalue weighted by atomic mass is 10.1. The molecule has 1 N–H and O–H groups in total. The first kappa shape index (κ1) is 10.6. The van der Waals surface area contributed by atoms with E-state index >= 15 is 0 Å². The van der Waals surface area contributed by atoms with E-state index in [1.165, 1.54) is 4.90 Å². The normalized spacial score (nSPS) is 20.4. The molecule has 2 heterocycles. The summed E-state index contributed by atoms with van der Waals surface area (Å²) in [4.78, 5) is 27.6. The van der Waals surface area contributed by atoms with Gasteiger partial charge in [0, 0.05) is 19.9 Å². The Hall–Kier alpha value is -1.92. The molecular weight excluding hydrogens is 214 g/mol. The first-order valence-electron chi connectivity index (χ1n) is 4.86. The van der Waals surface area contributed by atoms with Gasteiger partial charge in [0.15, 0.2) is 5.82 Å². The van der Waals surface area contributed by atoms with Gasteiger partial charge in [0.25, 0.3) is 0 Å². The molecule has 86 valence electrons. The van der Waals surface area contributed by atoms with E-state index in [2.05, 4.69) is 10.1 Å². The zero-order valence-electron chi connectivity index (χ0n) is 8.71. The van der Waals surface area contributed by atoms with Crippen LogP contribution in [0.4, 0.5) is 0 Å². The summed E-state index contributed by atoms with van der Waals surface area (Å²) in [5.41, 5.74) is 0. The maximum atomic E-state index is 11.5. The number of amides is 1. The minimum absolute atomic E-state index is 0.0478. The van der Waals surface area contributed by atoms with Crippen LogP contribution >= 0.6 is 0 Å². The van der Waals surface area contributed by atoms with E-state index < -0.39 is 11.9 Å². The molecule has 1 unspecified atom stereocenters. The van der Waals surface area contributed by atoms with Crippen LogP contribution in [-0.2, 0) is 16.1 Å². The third kappa shape index (κ3) is 2.02. The lowest BCUT2D eigenvalue weighted by Crippen LogP contribution is -2.26. The molecule has 1 atom stereocenters. The summed E-state index contributed by atoms with van der Waals surface area (Å²) in [5, 5.41) is 12.4. The van der Waals surface area contributed by atoms with Crippen LogP contribution in [0.15, 0.2) is 4.52 Å². The van der Waals surface area contributed by atoms with Crippen molar-refractivity contribution in [3.05, 3.63) is 11.7 Å². The number of aromatic nitrogens is 2. The fourth-order valence-corrected chi connectivity index (χ4v) is 1.67. The molecule has 2 rings (SSSR count). The van der Waals surface area contributed by atoms with Gasteiger partial charge in [-0.15, -0.1) is 0 Å². The molecule has 1 aromatic heterocycles. The number of carbonyl (C=O) groups excluding carboxylic acids is 1. The van der Waals surface area contributed by atoms with E-state index in [0.29, 0.717) is 11.7 Å². The van der Waals surface area contributed by atoms with Crippen molar-refractivity contribution in [2.75, 3.05) is 6.54 Å². The minimum Gasteiger partial charge on any atom is -0.481 e. The Labute approximate surface area is 91.0 Å². The Morgan fingerprint density at radius 2 is 2.44 bits per heavy atom. The van der Waals surface area contributed by atoms with Crippen LogP contribution in [0.1, 0.15) is 18.1 Å². The molecule has 0 saturated carbocycles. The largest absolute Gasteiger partial charge is 0.481 e. The second-order valence-corrected chi connectivity index (χ2v) is 3.74. The Balaban J connectivity index is 2.01. The van der Waals surface area contributed by atoms with Gasteiger partial charge < -0.3 is 14.5 Å². The predicted molar refractivity (Wildman–Crippen MR) is 50.2 cm³/mol. The molecule has 7 heteroatoms. The second kappa shape index (κ2) is 3.92. The fraction of sp³-hybridized carbons (Fsp3) is 0.556. The maximum Gasteiger partial charge on any atom is 0.308 e. The first-order chi connectivity index (χ1) is 7.56. The molecule has 1 aromatic rings. The Bertz CT molecular complexity index is 428. The smallest absolute Gasteiger partial charge is 0.308 e. The van der Waals surface area contributed by atoms with E-state index in [-0.39, 0.29) is 25.4 Å². The Morgan fingerprint density at radius 3 is 2.94 bits per heavy atom. The van der Waals surface area contributed by atoms with Gasteiger partial charge in [-0.2, -0.15) is 4.98 Å². The number of carboxylic acid groups (broad SMARTS) is 1. The molecule has 1 amide bonds. The van der Waals surface area contributed by atoms with Crippen LogP contribution in [0.25, 0.3) is 0 Å². The van der Waals surface area contributed by atoms with Crippen LogP contribution in [0, 0.1) is 12.8 Å². The molecule has 1 aliphatic heterocycles. The average Bonchev–Trinajstić information content (AvgIpc) is 2.75. The van der Waals surface area contributed by atoms with Crippen molar-refractivity contribution in [2.24, 2.45) is 5.92 Å². The molecule has 1 aliphatic rings. The van der Waals surface area contributed by atoms with Crippen molar-refractivity contribution in [1.29, 1.82) is 0 Å². The number of hydrogen-bond donors (Lipinski definition) is 1. The van der Waals surface area contributed by atoms with E-state index in [4.69, 9.17) is 9.63 Å². The zero-order valence-corrected chi connectivity index (χ0v) is 8.71. The van der Waals surface area contributed by atoms with Crippen LogP contribution in [0.2, 0.25) is 0 Å². The highest BCUT2D eigenvalue weighted by molar-refractivity contribution is 5.85. The fourth-order valence-electron chi connectivity index (χ4n) is 1.67. The summed E-state index contributed by atoms with van der Waals surface area (Å²) < 4.78 is 4.77. The quantitative estimate of drug-likeness (QED) is 0.765. The highest BCUT2D eigenvalue weighted by Gasteiger charge is 2.34. The van der Waals surface area contributed by atoms with Crippen molar-refractivity contribution in [1.82, 2.24) is 15.0 Å². The maximum absolute atomic E-state index is 11.5. The Morgan fingerprint density at radius 1 is 1.69 bits per heavy atom. The van der Waals surface area contributed by atoms with Gasteiger partial charge in [-0.05, 0) is 0 Å². The number of hydrogen-bond acceptors (Lipinski definition) is 5. The van der Waals surface area contributed by atoms with Gasteiger partial charge in [-0.25, -0.2) is 0 Å². The van der Waals surface area contributed by atoms with E-state index in [0.717, 1.165) is 0 Å². The van der Waals surface area contributed by atoms with Gasteiger partial charge in [-0.1, -0.05) is 5.16 Å². The van der Waals surface area contributed by atoms with Gasteiger partial charge in [0.1, 0.15) is 0 Å². The summed E-state index contributed by atoms with van der Waals surface area (Å²) in [5.74, 6) is -0.927. The standard InChI is InChI=1S/C9H11N3O4/c1-5-10-7(11-16-5)4-12-3-6(9(14)15)2-8(12)13/h6H,2-4H2,1H3,(H,14,15). The van der Waals surface area contributed by atoms with Crippen LogP contribution in [-0.4, -0.2) is 38.6 Å². The van der Waals surface area contributed by atoms with Gasteiger partial charge in [0.2, 0.25) is 11.8 Å². The van der Waals surface area contributed by atoms with E-state index in [9.17, 15) is 9.59 Å². The topological polar surface area (TPSA) is 96.5 Å². The van der Waals surface area contributed by atoms with Gasteiger partial charge in [0.05, 0.1) is 12.5 Å². The summed E-state index contributed by atoms with van der Waals surface area (Å²) in [7, 11) is 0. The molecular formula is C9H11N3O4. The lowest BCUT2D eigenvalue weighted by molar-refractivity contribution is -0.141. The molecule has 0 radical (unpaired) electrons. The third-order valence-corrected chi connectivity index (χ3v) is 2.47. The molecule has 0 aliphatic carbocycles. The van der Waals surface area contributed by atoms with Gasteiger partial charge >= 0.3 is 5.97 Å². The third-order valence-electron chi connectivity index (χ3n) is 2.47. The van der Waals surface area contributed by atoms with E-state index in [1.807, 2.05) is 0 Å². The number of carboxylic acids is 1. The number of aryl methyl sites for hydroxylation is 1. The molecule has 0 spiro atoms. The van der Waals surface area contributed by atoms with Crippen molar-refractivity contribution >= 4 is 11.9 Å². The van der Waals surface area contributed by atoms with Crippen molar-refractivity contribution in [3.8, 4) is 0 Å². The zero-order chi connectivity index (χ0) is 11.7. The minimum atomic E-state index is -0.944. The molecule has 1 fully saturated rings. The Kier molecular flexibility index (Phi) is 2.59. The molecule has 1 saturated heterocycles. The number of likely N-dealkylation sites (tertiary alicyclic amines) is 1. The van der Waals surface area contributed by atoms with Crippen molar-refractivity contribution in [2.45, 2.75) is 19.9 Å². The first-order valence-corrected chi connectivity index (χ1v) is 4.86. The average molecular weight is 225 g/mol. The second-order valence-electron chi connectivity index (χ2n) is 3.74.